The third kappa shape index (κ3) is 3.54. The van der Waals surface area contributed by atoms with Crippen LogP contribution >= 0.6 is 0 Å². The molecular formula is C27H18FN5O2. The van der Waals surface area contributed by atoms with Crippen molar-refractivity contribution >= 4 is 16.8 Å². The summed E-state index contributed by atoms with van der Waals surface area (Å²) in [4.78, 5) is 16.9. The van der Waals surface area contributed by atoms with E-state index in [1.807, 2.05) is 47.9 Å². The van der Waals surface area contributed by atoms with Crippen LogP contribution in [-0.2, 0) is 13.1 Å². The van der Waals surface area contributed by atoms with Crippen molar-refractivity contribution in [2.75, 3.05) is 0 Å². The van der Waals surface area contributed by atoms with E-state index in [2.05, 4.69) is 22.0 Å². The van der Waals surface area contributed by atoms with E-state index in [1.54, 1.807) is 24.3 Å². The molecule has 0 atom stereocenters. The number of para-hydroxylation sites is 2. The number of aromatic nitrogens is 4. The van der Waals surface area contributed by atoms with Crippen LogP contribution in [0.15, 0.2) is 80.9 Å². The standard InChI is InChI=1S/C27H18FN5O2/c1-17-30-31-25-16-29-26(19-8-2-3-9-21(19)28)20-15-18(12-13-22(20)33(17)25)7-6-14-32-23-10-4-5-11-24(23)35-27(32)34/h2-5,8-13,15H,14,16H2,1H3. The lowest BCUT2D eigenvalue weighted by molar-refractivity contribution is 0.521. The molecule has 0 amide bonds. The molecule has 6 rings (SSSR count). The van der Waals surface area contributed by atoms with Crippen LogP contribution in [-0.4, -0.2) is 25.0 Å². The molecule has 2 aromatic heterocycles. The second kappa shape index (κ2) is 8.22. The minimum Gasteiger partial charge on any atom is -0.408 e. The Labute approximate surface area is 199 Å². The van der Waals surface area contributed by atoms with Crippen LogP contribution < -0.4 is 5.76 Å². The summed E-state index contributed by atoms with van der Waals surface area (Å²) in [5.41, 5.74) is 4.41. The van der Waals surface area contributed by atoms with E-state index in [4.69, 9.17) is 9.41 Å². The van der Waals surface area contributed by atoms with E-state index >= 15 is 0 Å². The fourth-order valence-electron chi connectivity index (χ4n) is 4.32. The Morgan fingerprint density at radius 1 is 1.03 bits per heavy atom. The fraction of sp³-hybridized carbons (Fsp3) is 0.111. The maximum absolute atomic E-state index is 14.8. The highest BCUT2D eigenvalue weighted by atomic mass is 19.1. The first kappa shape index (κ1) is 20.8. The van der Waals surface area contributed by atoms with Gasteiger partial charge in [-0.1, -0.05) is 36.1 Å². The maximum Gasteiger partial charge on any atom is 0.420 e. The van der Waals surface area contributed by atoms with Crippen LogP contribution in [0.2, 0.25) is 0 Å². The van der Waals surface area contributed by atoms with Crippen LogP contribution in [0, 0.1) is 24.6 Å². The molecule has 5 aromatic rings. The molecule has 0 spiro atoms. The molecule has 0 radical (unpaired) electrons. The van der Waals surface area contributed by atoms with E-state index in [0.717, 1.165) is 17.1 Å². The molecule has 0 saturated carbocycles. The second-order valence-corrected chi connectivity index (χ2v) is 8.10. The van der Waals surface area contributed by atoms with Crippen LogP contribution in [0.25, 0.3) is 16.8 Å². The number of aliphatic imine (C=N–C) groups is 1. The Hall–Kier alpha value is -4.77. The van der Waals surface area contributed by atoms with Crippen molar-refractivity contribution in [1.29, 1.82) is 0 Å². The largest absolute Gasteiger partial charge is 0.420 e. The van der Waals surface area contributed by atoms with Gasteiger partial charge in [-0.25, -0.2) is 9.18 Å². The van der Waals surface area contributed by atoms with Crippen molar-refractivity contribution in [2.45, 2.75) is 20.0 Å². The zero-order valence-corrected chi connectivity index (χ0v) is 18.7. The maximum atomic E-state index is 14.8. The summed E-state index contributed by atoms with van der Waals surface area (Å²) in [5.74, 6) is 6.78. The molecule has 0 fully saturated rings. The molecule has 1 aliphatic rings. The number of nitrogens with zero attached hydrogens (tertiary/aromatic N) is 5. The highest BCUT2D eigenvalue weighted by Gasteiger charge is 2.23. The number of benzene rings is 3. The lowest BCUT2D eigenvalue weighted by Crippen LogP contribution is -2.13. The molecule has 0 saturated heterocycles. The van der Waals surface area contributed by atoms with E-state index in [-0.39, 0.29) is 18.9 Å². The van der Waals surface area contributed by atoms with Gasteiger partial charge in [-0.3, -0.25) is 14.1 Å². The van der Waals surface area contributed by atoms with Gasteiger partial charge in [0.2, 0.25) is 0 Å². The molecule has 170 valence electrons. The van der Waals surface area contributed by atoms with Gasteiger partial charge < -0.3 is 4.42 Å². The summed E-state index contributed by atoms with van der Waals surface area (Å²) >= 11 is 0. The number of fused-ring (bicyclic) bond motifs is 4. The predicted octanol–water partition coefficient (Wildman–Crippen LogP) is 4.03. The Balaban J connectivity index is 1.44. The molecule has 3 heterocycles. The van der Waals surface area contributed by atoms with Crippen LogP contribution in [0.3, 0.4) is 0 Å². The zero-order valence-electron chi connectivity index (χ0n) is 18.7. The molecule has 35 heavy (non-hydrogen) atoms. The molecule has 7 nitrogen and oxygen atoms in total. The molecule has 0 aliphatic carbocycles. The van der Waals surface area contributed by atoms with Gasteiger partial charge in [0.05, 0.1) is 23.5 Å². The normalized spacial score (nSPS) is 12.3. The molecule has 0 unspecified atom stereocenters. The first-order valence-corrected chi connectivity index (χ1v) is 11.0. The first-order valence-electron chi connectivity index (χ1n) is 11.0. The van der Waals surface area contributed by atoms with Gasteiger partial charge in [-0.2, -0.15) is 0 Å². The van der Waals surface area contributed by atoms with Crippen molar-refractivity contribution in [2.24, 2.45) is 4.99 Å². The van der Waals surface area contributed by atoms with Crippen LogP contribution in [0.5, 0.6) is 0 Å². The number of hydrogen-bond acceptors (Lipinski definition) is 5. The third-order valence-corrected chi connectivity index (χ3v) is 5.94. The van der Waals surface area contributed by atoms with E-state index in [9.17, 15) is 9.18 Å². The molecule has 1 aliphatic heterocycles. The van der Waals surface area contributed by atoms with Gasteiger partial charge in [0.25, 0.3) is 0 Å². The second-order valence-electron chi connectivity index (χ2n) is 8.10. The molecule has 3 aromatic carbocycles. The van der Waals surface area contributed by atoms with Crippen molar-refractivity contribution in [3.8, 4) is 17.5 Å². The smallest absolute Gasteiger partial charge is 0.408 e. The van der Waals surface area contributed by atoms with Crippen molar-refractivity contribution in [3.63, 3.8) is 0 Å². The van der Waals surface area contributed by atoms with Gasteiger partial charge in [0.1, 0.15) is 18.2 Å². The number of rotatable bonds is 2. The highest BCUT2D eigenvalue weighted by Crippen LogP contribution is 2.27. The average Bonchev–Trinajstić information content (AvgIpc) is 3.33. The van der Waals surface area contributed by atoms with Crippen molar-refractivity contribution in [1.82, 2.24) is 19.3 Å². The van der Waals surface area contributed by atoms with Crippen molar-refractivity contribution < 1.29 is 8.81 Å². The Bertz CT molecular complexity index is 1760. The summed E-state index contributed by atoms with van der Waals surface area (Å²) in [7, 11) is 0. The fourth-order valence-corrected chi connectivity index (χ4v) is 4.32. The van der Waals surface area contributed by atoms with Crippen molar-refractivity contribution in [3.05, 3.63) is 111 Å². The van der Waals surface area contributed by atoms with Gasteiger partial charge in [0.15, 0.2) is 11.4 Å². The summed E-state index contributed by atoms with van der Waals surface area (Å²) in [6.07, 6.45) is 0. The number of oxazole rings is 1. The Morgan fingerprint density at radius 2 is 1.86 bits per heavy atom. The average molecular weight is 463 g/mol. The predicted molar refractivity (Wildman–Crippen MR) is 129 cm³/mol. The van der Waals surface area contributed by atoms with Crippen LogP contribution in [0.1, 0.15) is 28.3 Å². The zero-order chi connectivity index (χ0) is 23.9. The number of halogens is 1. The highest BCUT2D eigenvalue weighted by molar-refractivity contribution is 6.15. The monoisotopic (exact) mass is 463 g/mol. The molecular weight excluding hydrogens is 445 g/mol. The third-order valence-electron chi connectivity index (χ3n) is 5.94. The molecule has 0 bridgehead atoms. The topological polar surface area (TPSA) is 78.2 Å². The molecule has 0 N–H and O–H groups in total. The lowest BCUT2D eigenvalue weighted by atomic mass is 9.98. The van der Waals surface area contributed by atoms with E-state index in [0.29, 0.717) is 33.8 Å². The Morgan fingerprint density at radius 3 is 2.74 bits per heavy atom. The summed E-state index contributed by atoms with van der Waals surface area (Å²) in [6, 6.07) is 19.5. The SMILES string of the molecule is Cc1nnc2n1-c1ccc(C#CCn3c(=O)oc4ccccc43)cc1C(c1ccccc1F)=NC2. The van der Waals surface area contributed by atoms with Gasteiger partial charge in [-0.15, -0.1) is 10.2 Å². The summed E-state index contributed by atoms with van der Waals surface area (Å²) in [6.45, 7) is 2.32. The minimum absolute atomic E-state index is 0.176. The van der Waals surface area contributed by atoms with Gasteiger partial charge in [0, 0.05) is 16.7 Å². The number of aryl methyl sites for hydroxylation is 1. The number of hydrogen-bond donors (Lipinski definition) is 0. The van der Waals surface area contributed by atoms with E-state index < -0.39 is 5.76 Å². The van der Waals surface area contributed by atoms with Gasteiger partial charge >= 0.3 is 5.76 Å². The lowest BCUT2D eigenvalue weighted by Gasteiger charge is -2.13. The minimum atomic E-state index is -0.452. The van der Waals surface area contributed by atoms with Gasteiger partial charge in [-0.05, 0) is 49.4 Å². The van der Waals surface area contributed by atoms with E-state index in [1.165, 1.54) is 10.6 Å². The summed E-state index contributed by atoms with van der Waals surface area (Å²) in [5, 5.41) is 8.43. The van der Waals surface area contributed by atoms with Crippen LogP contribution in [0.4, 0.5) is 4.39 Å². The summed E-state index contributed by atoms with van der Waals surface area (Å²) < 4.78 is 23.5. The quantitative estimate of drug-likeness (QED) is 0.371. The first-order chi connectivity index (χ1) is 17.1. The Kier molecular flexibility index (Phi) is 4.89. The molecule has 8 heteroatoms.